The van der Waals surface area contributed by atoms with Crippen LogP contribution in [0.2, 0.25) is 0 Å². The third-order valence-corrected chi connectivity index (χ3v) is 6.76. The number of non-ortho nitro benzene ring substituents is 1. The Morgan fingerprint density at radius 3 is 2.61 bits per heavy atom. The second-order valence-corrected chi connectivity index (χ2v) is 8.45. The number of benzene rings is 2. The number of nitrogens with one attached hydrogen (secondary N) is 1. The van der Waals surface area contributed by atoms with Crippen molar-refractivity contribution in [3.8, 4) is 0 Å². The third kappa shape index (κ3) is 3.44. The SMILES string of the molecule is O=c1[nH]c2ccc([N+](=O)[O-])cc2c(=O)n1CCN1CC2CC(c3ccc(F)cc3)C2C1. The monoisotopic (exact) mass is 424 g/mol. The highest BCUT2D eigenvalue weighted by Crippen LogP contribution is 2.51. The summed E-state index contributed by atoms with van der Waals surface area (Å²) in [6, 6.07) is 10.6. The van der Waals surface area contributed by atoms with Crippen LogP contribution in [0.25, 0.3) is 10.9 Å². The van der Waals surface area contributed by atoms with Crippen molar-refractivity contribution in [1.29, 1.82) is 0 Å². The fourth-order valence-corrected chi connectivity index (χ4v) is 5.07. The highest BCUT2D eigenvalue weighted by molar-refractivity contribution is 5.79. The number of rotatable bonds is 5. The van der Waals surface area contributed by atoms with E-state index in [0.29, 0.717) is 29.8 Å². The molecule has 0 spiro atoms. The first kappa shape index (κ1) is 19.6. The molecule has 2 aliphatic rings. The lowest BCUT2D eigenvalue weighted by atomic mass is 9.64. The predicted molar refractivity (Wildman–Crippen MR) is 113 cm³/mol. The minimum atomic E-state index is -0.564. The molecule has 1 aliphatic heterocycles. The lowest BCUT2D eigenvalue weighted by Crippen LogP contribution is -2.38. The van der Waals surface area contributed by atoms with E-state index in [1.165, 1.54) is 30.3 Å². The van der Waals surface area contributed by atoms with E-state index in [1.54, 1.807) is 0 Å². The van der Waals surface area contributed by atoms with Gasteiger partial charge >= 0.3 is 5.69 Å². The Labute approximate surface area is 176 Å². The molecular formula is C22H21FN4O4. The lowest BCUT2D eigenvalue weighted by Gasteiger charge is -2.40. The van der Waals surface area contributed by atoms with Crippen molar-refractivity contribution in [1.82, 2.24) is 14.5 Å². The molecule has 8 nitrogen and oxygen atoms in total. The summed E-state index contributed by atoms with van der Waals surface area (Å²) in [6.07, 6.45) is 1.06. The number of hydrogen-bond acceptors (Lipinski definition) is 5. The van der Waals surface area contributed by atoms with Gasteiger partial charge in [0.15, 0.2) is 0 Å². The number of nitro groups is 1. The van der Waals surface area contributed by atoms with E-state index in [-0.39, 0.29) is 23.4 Å². The average Bonchev–Trinajstić information content (AvgIpc) is 3.05. The van der Waals surface area contributed by atoms with Crippen molar-refractivity contribution in [3.63, 3.8) is 0 Å². The predicted octanol–water partition coefficient (Wildman–Crippen LogP) is 2.47. The summed E-state index contributed by atoms with van der Waals surface area (Å²) in [5.41, 5.74) is 0.226. The van der Waals surface area contributed by atoms with Gasteiger partial charge < -0.3 is 9.88 Å². The Kier molecular flexibility index (Phi) is 4.70. The van der Waals surface area contributed by atoms with Crippen molar-refractivity contribution in [3.05, 3.63) is 84.8 Å². The molecule has 3 atom stereocenters. The molecule has 9 heteroatoms. The Bertz CT molecular complexity index is 1280. The lowest BCUT2D eigenvalue weighted by molar-refractivity contribution is -0.384. The van der Waals surface area contributed by atoms with Crippen LogP contribution in [-0.2, 0) is 6.54 Å². The van der Waals surface area contributed by atoms with Crippen LogP contribution in [0.5, 0.6) is 0 Å². The maximum absolute atomic E-state index is 13.2. The largest absolute Gasteiger partial charge is 0.328 e. The Balaban J connectivity index is 1.30. The fraction of sp³-hybridized carbons (Fsp3) is 0.364. The second-order valence-electron chi connectivity index (χ2n) is 8.45. The van der Waals surface area contributed by atoms with Crippen LogP contribution < -0.4 is 11.2 Å². The van der Waals surface area contributed by atoms with Gasteiger partial charge in [0.05, 0.1) is 15.8 Å². The van der Waals surface area contributed by atoms with E-state index >= 15 is 0 Å². The molecule has 1 aliphatic carbocycles. The zero-order valence-electron chi connectivity index (χ0n) is 16.7. The standard InChI is InChI=1S/C22H21FN4O4/c23-15-3-1-13(2-4-15)17-9-14-11-25(12-19(14)17)7-8-26-21(28)18-10-16(27(30)31)5-6-20(18)24-22(26)29/h1-6,10,14,17,19H,7-9,11-12H2,(H,24,29). The summed E-state index contributed by atoms with van der Waals surface area (Å²) in [5, 5.41) is 11.2. The van der Waals surface area contributed by atoms with Crippen LogP contribution in [0.4, 0.5) is 10.1 Å². The van der Waals surface area contributed by atoms with Crippen molar-refractivity contribution in [2.24, 2.45) is 11.8 Å². The van der Waals surface area contributed by atoms with Crippen LogP contribution in [0.15, 0.2) is 52.1 Å². The molecule has 31 heavy (non-hydrogen) atoms. The molecular weight excluding hydrogens is 403 g/mol. The highest BCUT2D eigenvalue weighted by Gasteiger charge is 2.47. The van der Waals surface area contributed by atoms with Crippen LogP contribution in [-0.4, -0.2) is 39.0 Å². The molecule has 3 aromatic rings. The molecule has 1 saturated heterocycles. The number of nitro benzene ring substituents is 1. The van der Waals surface area contributed by atoms with E-state index in [9.17, 15) is 24.1 Å². The van der Waals surface area contributed by atoms with Gasteiger partial charge in [-0.15, -0.1) is 0 Å². The van der Waals surface area contributed by atoms with Crippen molar-refractivity contribution < 1.29 is 9.31 Å². The van der Waals surface area contributed by atoms with Crippen LogP contribution >= 0.6 is 0 Å². The van der Waals surface area contributed by atoms with Crippen LogP contribution in [0, 0.1) is 27.8 Å². The van der Waals surface area contributed by atoms with E-state index in [1.807, 2.05) is 12.1 Å². The number of aromatic nitrogens is 2. The molecule has 2 aromatic carbocycles. The Morgan fingerprint density at radius 1 is 1.10 bits per heavy atom. The minimum absolute atomic E-state index is 0.131. The Hall–Kier alpha value is -3.33. The van der Waals surface area contributed by atoms with E-state index < -0.39 is 16.2 Å². The topological polar surface area (TPSA) is 101 Å². The van der Waals surface area contributed by atoms with Crippen molar-refractivity contribution >= 4 is 16.6 Å². The Morgan fingerprint density at radius 2 is 1.87 bits per heavy atom. The first-order valence-corrected chi connectivity index (χ1v) is 10.3. The van der Waals surface area contributed by atoms with Crippen molar-refractivity contribution in [2.45, 2.75) is 18.9 Å². The highest BCUT2D eigenvalue weighted by atomic mass is 19.1. The van der Waals surface area contributed by atoms with Gasteiger partial charge in [0.2, 0.25) is 0 Å². The molecule has 0 bridgehead atoms. The van der Waals surface area contributed by atoms with Crippen molar-refractivity contribution in [2.75, 3.05) is 19.6 Å². The number of H-pyrrole nitrogens is 1. The summed E-state index contributed by atoms with van der Waals surface area (Å²) in [5.74, 6) is 1.26. The molecule has 2 fully saturated rings. The van der Waals surface area contributed by atoms with Crippen LogP contribution in [0.3, 0.4) is 0 Å². The van der Waals surface area contributed by atoms with E-state index in [2.05, 4.69) is 9.88 Å². The smallest absolute Gasteiger partial charge is 0.307 e. The quantitative estimate of drug-likeness (QED) is 0.501. The van der Waals surface area contributed by atoms with Gasteiger partial charge in [-0.2, -0.15) is 0 Å². The second kappa shape index (κ2) is 7.42. The molecule has 1 N–H and O–H groups in total. The summed E-state index contributed by atoms with van der Waals surface area (Å²) in [7, 11) is 0. The zero-order valence-corrected chi connectivity index (χ0v) is 16.7. The molecule has 0 radical (unpaired) electrons. The molecule has 1 saturated carbocycles. The first-order valence-electron chi connectivity index (χ1n) is 10.3. The number of aromatic amines is 1. The number of hydrogen-bond donors (Lipinski definition) is 1. The van der Waals surface area contributed by atoms with Gasteiger partial charge in [-0.25, -0.2) is 9.18 Å². The number of nitrogens with zero attached hydrogens (tertiary/aromatic N) is 3. The summed E-state index contributed by atoms with van der Waals surface area (Å²) in [4.78, 5) is 40.6. The summed E-state index contributed by atoms with van der Waals surface area (Å²) < 4.78 is 14.3. The maximum Gasteiger partial charge on any atom is 0.328 e. The molecule has 160 valence electrons. The number of fused-ring (bicyclic) bond motifs is 2. The van der Waals surface area contributed by atoms with E-state index in [4.69, 9.17) is 0 Å². The van der Waals surface area contributed by atoms with Gasteiger partial charge in [-0.3, -0.25) is 19.5 Å². The molecule has 2 heterocycles. The van der Waals surface area contributed by atoms with E-state index in [0.717, 1.165) is 29.6 Å². The molecule has 5 rings (SSSR count). The molecule has 0 amide bonds. The van der Waals surface area contributed by atoms with Gasteiger partial charge in [0.1, 0.15) is 5.82 Å². The summed E-state index contributed by atoms with van der Waals surface area (Å²) >= 11 is 0. The molecule has 3 unspecified atom stereocenters. The fourth-order valence-electron chi connectivity index (χ4n) is 5.07. The van der Waals surface area contributed by atoms with Gasteiger partial charge in [0, 0.05) is 38.3 Å². The van der Waals surface area contributed by atoms with Crippen LogP contribution in [0.1, 0.15) is 17.9 Å². The minimum Gasteiger partial charge on any atom is -0.307 e. The third-order valence-electron chi connectivity index (χ3n) is 6.76. The summed E-state index contributed by atoms with van der Waals surface area (Å²) in [6.45, 7) is 2.55. The number of likely N-dealkylation sites (tertiary alicyclic amines) is 1. The van der Waals surface area contributed by atoms with Gasteiger partial charge in [-0.05, 0) is 47.9 Å². The van der Waals surface area contributed by atoms with Gasteiger partial charge in [0.25, 0.3) is 11.2 Å². The average molecular weight is 424 g/mol. The normalized spacial score (nSPS) is 22.9. The first-order chi connectivity index (χ1) is 14.9. The maximum atomic E-state index is 13.2. The van der Waals surface area contributed by atoms with Gasteiger partial charge in [-0.1, -0.05) is 12.1 Å². The molecule has 1 aromatic heterocycles. The number of halogens is 1. The zero-order chi connectivity index (χ0) is 21.7.